The molecule has 0 atom stereocenters. The topological polar surface area (TPSA) is 96.0 Å². The molecule has 0 saturated carbocycles. The summed E-state index contributed by atoms with van der Waals surface area (Å²) in [5, 5.41) is 11.1. The molecule has 1 amide bonds. The molecule has 2 N–H and O–H groups in total. The smallest absolute Gasteiger partial charge is 0.265 e. The van der Waals surface area contributed by atoms with Crippen LogP contribution in [0.2, 0.25) is 0 Å². The fourth-order valence-electron chi connectivity index (χ4n) is 4.01. The highest BCUT2D eigenvalue weighted by Gasteiger charge is 2.22. The quantitative estimate of drug-likeness (QED) is 0.418. The molecule has 0 aliphatic carbocycles. The van der Waals surface area contributed by atoms with Gasteiger partial charge in [0, 0.05) is 29.7 Å². The SMILES string of the molecule is O=C(Nc1ccccc1)c1cc2nc(-c3cccc4[nH]ncc34)nc(N3CCOCC3)c2s1. The summed E-state index contributed by atoms with van der Waals surface area (Å²) in [5.74, 6) is 1.29. The Morgan fingerprint density at radius 3 is 2.76 bits per heavy atom. The maximum atomic E-state index is 13.0. The van der Waals surface area contributed by atoms with Gasteiger partial charge in [0.05, 0.1) is 40.0 Å². The van der Waals surface area contributed by atoms with Crippen LogP contribution in [0.25, 0.3) is 32.5 Å². The molecule has 1 saturated heterocycles. The number of ether oxygens (including phenoxy) is 1. The summed E-state index contributed by atoms with van der Waals surface area (Å²) in [6.07, 6.45) is 1.79. The summed E-state index contributed by atoms with van der Waals surface area (Å²) < 4.78 is 6.45. The van der Waals surface area contributed by atoms with Gasteiger partial charge in [-0.25, -0.2) is 9.97 Å². The first-order valence-electron chi connectivity index (χ1n) is 10.7. The van der Waals surface area contributed by atoms with Crippen molar-refractivity contribution in [1.29, 1.82) is 0 Å². The van der Waals surface area contributed by atoms with Crippen molar-refractivity contribution in [2.75, 3.05) is 36.5 Å². The Hall–Kier alpha value is -3.82. The van der Waals surface area contributed by atoms with Crippen LogP contribution in [0.1, 0.15) is 9.67 Å². The highest BCUT2D eigenvalue weighted by molar-refractivity contribution is 7.21. The molecule has 1 aliphatic heterocycles. The molecular formula is C24H20N6O2S. The van der Waals surface area contributed by atoms with E-state index < -0.39 is 0 Å². The lowest BCUT2D eigenvalue weighted by molar-refractivity contribution is 0.103. The first-order chi connectivity index (χ1) is 16.3. The number of nitrogens with zero attached hydrogens (tertiary/aromatic N) is 4. The van der Waals surface area contributed by atoms with E-state index in [1.54, 1.807) is 6.20 Å². The molecule has 8 nitrogen and oxygen atoms in total. The number of fused-ring (bicyclic) bond motifs is 2. The Balaban J connectivity index is 1.47. The molecule has 1 aliphatic rings. The minimum atomic E-state index is -0.157. The van der Waals surface area contributed by atoms with Crippen LogP contribution in [-0.4, -0.2) is 52.4 Å². The number of hydrogen-bond acceptors (Lipinski definition) is 7. The van der Waals surface area contributed by atoms with Gasteiger partial charge in [0.25, 0.3) is 5.91 Å². The second kappa shape index (κ2) is 8.27. The highest BCUT2D eigenvalue weighted by Crippen LogP contribution is 2.36. The molecule has 3 aromatic heterocycles. The minimum absolute atomic E-state index is 0.157. The summed E-state index contributed by atoms with van der Waals surface area (Å²) in [5.41, 5.74) is 3.34. The van der Waals surface area contributed by atoms with Gasteiger partial charge in [0.15, 0.2) is 11.6 Å². The van der Waals surface area contributed by atoms with Crippen LogP contribution < -0.4 is 10.2 Å². The number of H-pyrrole nitrogens is 1. The average molecular weight is 457 g/mol. The maximum Gasteiger partial charge on any atom is 0.265 e. The number of hydrogen-bond donors (Lipinski definition) is 2. The lowest BCUT2D eigenvalue weighted by Gasteiger charge is -2.28. The Labute approximate surface area is 193 Å². The van der Waals surface area contributed by atoms with E-state index in [2.05, 4.69) is 20.4 Å². The zero-order valence-corrected chi connectivity index (χ0v) is 18.4. The van der Waals surface area contributed by atoms with E-state index in [0.29, 0.717) is 23.9 Å². The highest BCUT2D eigenvalue weighted by atomic mass is 32.1. The van der Waals surface area contributed by atoms with Crippen LogP contribution >= 0.6 is 11.3 Å². The summed E-state index contributed by atoms with van der Waals surface area (Å²) in [6, 6.07) is 17.2. The van der Waals surface area contributed by atoms with E-state index in [1.807, 2.05) is 54.6 Å². The van der Waals surface area contributed by atoms with Crippen LogP contribution in [0.3, 0.4) is 0 Å². The average Bonchev–Trinajstić information content (AvgIpc) is 3.52. The number of aromatic amines is 1. The number of rotatable bonds is 4. The molecule has 5 aromatic rings. The number of nitrogens with one attached hydrogen (secondary N) is 2. The Kier molecular flexibility index (Phi) is 4.97. The zero-order valence-electron chi connectivity index (χ0n) is 17.6. The Morgan fingerprint density at radius 1 is 1.06 bits per heavy atom. The number of carbonyl (C=O) groups is 1. The molecule has 0 spiro atoms. The first kappa shape index (κ1) is 19.8. The second-order valence-corrected chi connectivity index (χ2v) is 8.80. The number of benzene rings is 2. The molecule has 9 heteroatoms. The predicted molar refractivity (Wildman–Crippen MR) is 130 cm³/mol. The van der Waals surface area contributed by atoms with E-state index in [4.69, 9.17) is 14.7 Å². The van der Waals surface area contributed by atoms with Crippen LogP contribution in [0.5, 0.6) is 0 Å². The van der Waals surface area contributed by atoms with Gasteiger partial charge in [-0.05, 0) is 24.3 Å². The third kappa shape index (κ3) is 3.71. The maximum absolute atomic E-state index is 13.0. The van der Waals surface area contributed by atoms with Crippen molar-refractivity contribution in [2.45, 2.75) is 0 Å². The Bertz CT molecular complexity index is 1460. The number of anilines is 2. The van der Waals surface area contributed by atoms with Crippen molar-refractivity contribution in [3.8, 4) is 11.4 Å². The third-order valence-corrected chi connectivity index (χ3v) is 6.76. The van der Waals surface area contributed by atoms with Crippen molar-refractivity contribution in [3.63, 3.8) is 0 Å². The van der Waals surface area contributed by atoms with Crippen molar-refractivity contribution >= 4 is 49.9 Å². The van der Waals surface area contributed by atoms with Crippen molar-refractivity contribution in [1.82, 2.24) is 20.2 Å². The fraction of sp³-hybridized carbons (Fsp3) is 0.167. The van der Waals surface area contributed by atoms with Crippen LogP contribution in [0.15, 0.2) is 60.8 Å². The number of morpholine rings is 1. The zero-order chi connectivity index (χ0) is 22.2. The molecule has 1 fully saturated rings. The number of carbonyl (C=O) groups excluding carboxylic acids is 1. The molecule has 0 radical (unpaired) electrons. The standard InChI is InChI=1S/C24H20N6O2S/c31-24(26-15-5-2-1-3-6-15)20-13-19-21(33-20)23(30-9-11-32-12-10-30)28-22(27-19)16-7-4-8-18-17(16)14-25-29-18/h1-8,13-14H,9-12H2,(H,25,29)(H,26,31). The minimum Gasteiger partial charge on any atom is -0.378 e. The third-order valence-electron chi connectivity index (χ3n) is 5.65. The summed E-state index contributed by atoms with van der Waals surface area (Å²) in [4.78, 5) is 25.6. The van der Waals surface area contributed by atoms with Crippen molar-refractivity contribution < 1.29 is 9.53 Å². The molecule has 164 valence electrons. The molecule has 0 unspecified atom stereocenters. The van der Waals surface area contributed by atoms with Gasteiger partial charge >= 0.3 is 0 Å². The first-order valence-corrected chi connectivity index (χ1v) is 11.5. The molecule has 2 aromatic carbocycles. The van der Waals surface area contributed by atoms with E-state index >= 15 is 0 Å². The lowest BCUT2D eigenvalue weighted by Crippen LogP contribution is -2.36. The van der Waals surface area contributed by atoms with Gasteiger partial charge in [-0.15, -0.1) is 11.3 Å². The monoisotopic (exact) mass is 456 g/mol. The van der Waals surface area contributed by atoms with Crippen LogP contribution in [-0.2, 0) is 4.74 Å². The normalized spacial score (nSPS) is 14.1. The van der Waals surface area contributed by atoms with Gasteiger partial charge in [-0.1, -0.05) is 30.3 Å². The molecule has 33 heavy (non-hydrogen) atoms. The molecule has 6 rings (SSSR count). The predicted octanol–water partition coefficient (Wildman–Crippen LogP) is 4.32. The van der Waals surface area contributed by atoms with E-state index in [1.165, 1.54) is 11.3 Å². The largest absolute Gasteiger partial charge is 0.378 e. The van der Waals surface area contributed by atoms with E-state index in [-0.39, 0.29) is 5.91 Å². The van der Waals surface area contributed by atoms with Gasteiger partial charge in [-0.2, -0.15) is 5.10 Å². The number of amides is 1. The number of para-hydroxylation sites is 1. The summed E-state index contributed by atoms with van der Waals surface area (Å²) in [7, 11) is 0. The van der Waals surface area contributed by atoms with E-state index in [0.717, 1.165) is 51.3 Å². The van der Waals surface area contributed by atoms with Crippen LogP contribution in [0, 0.1) is 0 Å². The van der Waals surface area contributed by atoms with Crippen LogP contribution in [0.4, 0.5) is 11.5 Å². The molecule has 4 heterocycles. The lowest BCUT2D eigenvalue weighted by atomic mass is 10.1. The number of aromatic nitrogens is 4. The molecular weight excluding hydrogens is 436 g/mol. The van der Waals surface area contributed by atoms with Gasteiger partial charge in [0.2, 0.25) is 0 Å². The van der Waals surface area contributed by atoms with Gasteiger partial charge in [0.1, 0.15) is 0 Å². The fourth-order valence-corrected chi connectivity index (χ4v) is 5.02. The molecule has 0 bridgehead atoms. The second-order valence-electron chi connectivity index (χ2n) is 7.75. The summed E-state index contributed by atoms with van der Waals surface area (Å²) in [6.45, 7) is 2.77. The van der Waals surface area contributed by atoms with Gasteiger partial charge in [-0.3, -0.25) is 9.89 Å². The van der Waals surface area contributed by atoms with Gasteiger partial charge < -0.3 is 15.0 Å². The Morgan fingerprint density at radius 2 is 1.91 bits per heavy atom. The summed E-state index contributed by atoms with van der Waals surface area (Å²) >= 11 is 1.42. The van der Waals surface area contributed by atoms with Crippen molar-refractivity contribution in [2.24, 2.45) is 0 Å². The van der Waals surface area contributed by atoms with Crippen molar-refractivity contribution in [3.05, 3.63) is 65.7 Å². The number of thiophene rings is 1. The van der Waals surface area contributed by atoms with E-state index in [9.17, 15) is 4.79 Å².